The van der Waals surface area contributed by atoms with Crippen molar-refractivity contribution >= 4 is 23.1 Å². The number of nitrogens with one attached hydrogen (secondary N) is 1. The van der Waals surface area contributed by atoms with Crippen LogP contribution in [0.15, 0.2) is 30.6 Å². The van der Waals surface area contributed by atoms with Crippen LogP contribution in [0.5, 0.6) is 0 Å². The predicted molar refractivity (Wildman–Crippen MR) is 111 cm³/mol. The van der Waals surface area contributed by atoms with Gasteiger partial charge in [-0.15, -0.1) is 11.3 Å². The van der Waals surface area contributed by atoms with Crippen LogP contribution < -0.4 is 5.32 Å². The predicted octanol–water partition coefficient (Wildman–Crippen LogP) is 4.40. The molecule has 4 rings (SSSR count). The van der Waals surface area contributed by atoms with E-state index in [1.54, 1.807) is 34.5 Å². The van der Waals surface area contributed by atoms with Gasteiger partial charge in [-0.25, -0.2) is 9.97 Å². The number of fused-ring (bicyclic) bond motifs is 1. The fourth-order valence-electron chi connectivity index (χ4n) is 3.39. The lowest BCUT2D eigenvalue weighted by Crippen LogP contribution is -2.15. The van der Waals surface area contributed by atoms with Gasteiger partial charge in [-0.05, 0) is 42.9 Å². The number of thiophene rings is 1. The normalized spacial score (nSPS) is 16.6. The second-order valence-corrected chi connectivity index (χ2v) is 9.62. The van der Waals surface area contributed by atoms with E-state index in [1.165, 1.54) is 16.9 Å². The van der Waals surface area contributed by atoms with E-state index in [-0.39, 0.29) is 11.3 Å². The molecule has 1 unspecified atom stereocenters. The summed E-state index contributed by atoms with van der Waals surface area (Å²) in [6, 6.07) is 5.71. The summed E-state index contributed by atoms with van der Waals surface area (Å²) in [5, 5.41) is 7.68. The van der Waals surface area contributed by atoms with Gasteiger partial charge in [-0.1, -0.05) is 27.7 Å². The highest BCUT2D eigenvalue weighted by Gasteiger charge is 2.24. The zero-order chi connectivity index (χ0) is 19.9. The Labute approximate surface area is 169 Å². The summed E-state index contributed by atoms with van der Waals surface area (Å²) in [6.45, 7) is 8.54. The summed E-state index contributed by atoms with van der Waals surface area (Å²) in [4.78, 5) is 23.6. The lowest BCUT2D eigenvalue weighted by molar-refractivity contribution is 0.102. The zero-order valence-corrected chi connectivity index (χ0v) is 17.5. The Balaban J connectivity index is 1.65. The smallest absolute Gasteiger partial charge is 0.266 e. The Morgan fingerprint density at radius 3 is 2.71 bits per heavy atom. The minimum Gasteiger partial charge on any atom is -0.306 e. The van der Waals surface area contributed by atoms with Crippen molar-refractivity contribution in [2.45, 2.75) is 52.4 Å². The lowest BCUT2D eigenvalue weighted by atomic mass is 9.90. The van der Waals surface area contributed by atoms with Crippen molar-refractivity contribution in [3.05, 3.63) is 51.6 Å². The van der Waals surface area contributed by atoms with Crippen LogP contribution in [0.3, 0.4) is 0 Å². The van der Waals surface area contributed by atoms with Gasteiger partial charge in [0.05, 0.1) is 10.6 Å². The van der Waals surface area contributed by atoms with Crippen molar-refractivity contribution in [3.63, 3.8) is 0 Å². The molecular formula is C21H25N5OS. The molecule has 0 bridgehead atoms. The van der Waals surface area contributed by atoms with Gasteiger partial charge in [0.1, 0.15) is 5.82 Å². The van der Waals surface area contributed by atoms with Crippen molar-refractivity contribution < 1.29 is 4.79 Å². The Hall–Kier alpha value is -2.54. The average molecular weight is 396 g/mol. The molecule has 146 valence electrons. The van der Waals surface area contributed by atoms with Gasteiger partial charge in [0.15, 0.2) is 0 Å². The molecule has 3 heterocycles. The van der Waals surface area contributed by atoms with E-state index >= 15 is 0 Å². The molecule has 0 saturated heterocycles. The number of hydrogen-bond donors (Lipinski definition) is 1. The van der Waals surface area contributed by atoms with E-state index < -0.39 is 0 Å². The largest absolute Gasteiger partial charge is 0.306 e. The molecule has 28 heavy (non-hydrogen) atoms. The molecule has 1 N–H and O–H groups in total. The third kappa shape index (κ3) is 3.71. The van der Waals surface area contributed by atoms with Gasteiger partial charge in [0.2, 0.25) is 0 Å². The first kappa shape index (κ1) is 18.8. The molecule has 1 aliphatic carbocycles. The van der Waals surface area contributed by atoms with Crippen LogP contribution in [-0.4, -0.2) is 25.7 Å². The average Bonchev–Trinajstić information content (AvgIpc) is 3.26. The monoisotopic (exact) mass is 395 g/mol. The fourth-order valence-corrected chi connectivity index (χ4v) is 4.49. The molecule has 3 aromatic heterocycles. The molecule has 0 fully saturated rings. The Bertz CT molecular complexity index is 1000. The van der Waals surface area contributed by atoms with Crippen LogP contribution in [-0.2, 0) is 18.3 Å². The third-order valence-electron chi connectivity index (χ3n) is 5.01. The van der Waals surface area contributed by atoms with Crippen LogP contribution in [0.2, 0.25) is 0 Å². The summed E-state index contributed by atoms with van der Waals surface area (Å²) in [5.41, 5.74) is 2.04. The molecule has 6 nitrogen and oxygen atoms in total. The second-order valence-electron chi connectivity index (χ2n) is 8.49. The van der Waals surface area contributed by atoms with Crippen molar-refractivity contribution in [3.8, 4) is 5.95 Å². The maximum Gasteiger partial charge on any atom is 0.266 e. The molecule has 7 heteroatoms. The second kappa shape index (κ2) is 7.13. The number of rotatable bonds is 3. The Morgan fingerprint density at radius 1 is 1.25 bits per heavy atom. The molecule has 1 amide bonds. The van der Waals surface area contributed by atoms with Gasteiger partial charge < -0.3 is 5.32 Å². The molecule has 0 spiro atoms. The fraction of sp³-hybridized carbons (Fsp3) is 0.429. The highest BCUT2D eigenvalue weighted by Crippen LogP contribution is 2.33. The quantitative estimate of drug-likeness (QED) is 0.713. The molecule has 0 radical (unpaired) electrons. The maximum atomic E-state index is 13.0. The molecule has 0 aliphatic heterocycles. The van der Waals surface area contributed by atoms with Crippen LogP contribution >= 0.6 is 11.3 Å². The standard InChI is InChI=1S/C21H25N5OS/c1-13-6-7-15-14(10-13)11-16(28-15)19(27)24-18-12-17(21(2,3)4)25-26(18)20-22-8-5-9-23-20/h5,8-9,11-13H,6-7,10H2,1-4H3,(H,24,27). The first-order chi connectivity index (χ1) is 13.3. The zero-order valence-electron chi connectivity index (χ0n) is 16.7. The van der Waals surface area contributed by atoms with Crippen molar-refractivity contribution in [1.82, 2.24) is 19.7 Å². The van der Waals surface area contributed by atoms with Crippen LogP contribution in [0.4, 0.5) is 5.82 Å². The van der Waals surface area contributed by atoms with Crippen molar-refractivity contribution in [2.75, 3.05) is 5.32 Å². The van der Waals surface area contributed by atoms with E-state index in [1.807, 2.05) is 6.07 Å². The number of carbonyl (C=O) groups is 1. The first-order valence-electron chi connectivity index (χ1n) is 9.62. The van der Waals surface area contributed by atoms with Crippen molar-refractivity contribution in [2.24, 2.45) is 5.92 Å². The molecule has 0 saturated carbocycles. The molecule has 0 aromatic carbocycles. The molecule has 3 aromatic rings. The number of nitrogens with zero attached hydrogens (tertiary/aromatic N) is 4. The topological polar surface area (TPSA) is 72.7 Å². The first-order valence-corrected chi connectivity index (χ1v) is 10.4. The van der Waals surface area contributed by atoms with Crippen LogP contribution in [0.1, 0.15) is 59.9 Å². The highest BCUT2D eigenvalue weighted by molar-refractivity contribution is 7.14. The Morgan fingerprint density at radius 2 is 2.00 bits per heavy atom. The van der Waals surface area contributed by atoms with Crippen LogP contribution in [0.25, 0.3) is 5.95 Å². The minimum atomic E-state index is -0.155. The van der Waals surface area contributed by atoms with E-state index in [2.05, 4.69) is 54.1 Å². The third-order valence-corrected chi connectivity index (χ3v) is 6.25. The summed E-state index contributed by atoms with van der Waals surface area (Å²) >= 11 is 1.61. The molecule has 1 aliphatic rings. The van der Waals surface area contributed by atoms with Crippen molar-refractivity contribution in [1.29, 1.82) is 0 Å². The summed E-state index contributed by atoms with van der Waals surface area (Å²) in [6.07, 6.45) is 6.66. The number of aromatic nitrogens is 4. The van der Waals surface area contributed by atoms with Gasteiger partial charge in [-0.2, -0.15) is 9.78 Å². The SMILES string of the molecule is CC1CCc2sc(C(=O)Nc3cc(C(C)(C)C)nn3-c3ncccn3)cc2C1. The van der Waals surface area contributed by atoms with Gasteiger partial charge in [-0.3, -0.25) is 4.79 Å². The van der Waals surface area contributed by atoms with E-state index in [9.17, 15) is 4.79 Å². The van der Waals surface area contributed by atoms with E-state index in [0.29, 0.717) is 17.7 Å². The summed E-state index contributed by atoms with van der Waals surface area (Å²) in [5.74, 6) is 1.60. The van der Waals surface area contributed by atoms with E-state index in [4.69, 9.17) is 0 Å². The number of amides is 1. The number of anilines is 1. The Kier molecular flexibility index (Phi) is 4.79. The summed E-state index contributed by atoms with van der Waals surface area (Å²) in [7, 11) is 0. The summed E-state index contributed by atoms with van der Waals surface area (Å²) < 4.78 is 1.61. The van der Waals surface area contributed by atoms with Gasteiger partial charge in [0, 0.05) is 28.8 Å². The number of hydrogen-bond acceptors (Lipinski definition) is 5. The molecule has 1 atom stereocenters. The van der Waals surface area contributed by atoms with Gasteiger partial charge in [0.25, 0.3) is 11.9 Å². The van der Waals surface area contributed by atoms with E-state index in [0.717, 1.165) is 23.4 Å². The highest BCUT2D eigenvalue weighted by atomic mass is 32.1. The minimum absolute atomic E-state index is 0.107. The van der Waals surface area contributed by atoms with Gasteiger partial charge >= 0.3 is 0 Å². The maximum absolute atomic E-state index is 13.0. The molecular weight excluding hydrogens is 370 g/mol. The number of aryl methyl sites for hydroxylation is 1. The lowest BCUT2D eigenvalue weighted by Gasteiger charge is -2.16. The number of carbonyl (C=O) groups excluding carboxylic acids is 1. The van der Waals surface area contributed by atoms with Crippen LogP contribution in [0, 0.1) is 5.92 Å².